The van der Waals surface area contributed by atoms with Crippen molar-refractivity contribution in [2.75, 3.05) is 24.1 Å². The van der Waals surface area contributed by atoms with Gasteiger partial charge in [-0.25, -0.2) is 13.8 Å². The first-order valence-electron chi connectivity index (χ1n) is 7.97. The third kappa shape index (κ3) is 4.35. The lowest BCUT2D eigenvalue weighted by Crippen LogP contribution is -2.43. The number of aromatic nitrogens is 1. The number of carbonyl (C=O) groups is 1. The molecule has 0 aliphatic carbocycles. The standard InChI is InChI=1S/C16H15F5N4OS/c17-9-4-3-8(6-10(9)18)23-15-24-14(22)13(27-15)11(26)7-25-5-1-2-12(25)16(19,20)21/h3-4,6,12H,1-2,5,7,22H2,(H,23,24). The molecule has 1 aromatic carbocycles. The second-order valence-corrected chi connectivity index (χ2v) is 7.08. The SMILES string of the molecule is Nc1nc(Nc2ccc(F)c(F)c2)sc1C(=O)CN1CCCC1C(F)(F)F. The highest BCUT2D eigenvalue weighted by molar-refractivity contribution is 7.18. The molecule has 1 aliphatic rings. The number of ketones is 1. The van der Waals surface area contributed by atoms with Crippen LogP contribution < -0.4 is 11.1 Å². The maximum atomic E-state index is 13.2. The minimum atomic E-state index is -4.39. The van der Waals surface area contributed by atoms with E-state index in [1.165, 1.54) is 6.07 Å². The van der Waals surface area contributed by atoms with Gasteiger partial charge in [0.15, 0.2) is 22.5 Å². The van der Waals surface area contributed by atoms with Crippen LogP contribution in [-0.4, -0.2) is 41.0 Å². The molecule has 0 saturated carbocycles. The number of carbonyl (C=O) groups excluding carboxylic acids is 1. The summed E-state index contributed by atoms with van der Waals surface area (Å²) in [6.07, 6.45) is -4.08. The fraction of sp³-hybridized carbons (Fsp3) is 0.375. The molecule has 1 aliphatic heterocycles. The van der Waals surface area contributed by atoms with Gasteiger partial charge in [-0.05, 0) is 31.5 Å². The molecular formula is C16H15F5N4OS. The molecule has 0 spiro atoms. The van der Waals surface area contributed by atoms with Crippen LogP contribution in [-0.2, 0) is 0 Å². The second-order valence-electron chi connectivity index (χ2n) is 6.08. The molecule has 146 valence electrons. The number of nitrogens with zero attached hydrogens (tertiary/aromatic N) is 2. The fourth-order valence-electron chi connectivity index (χ4n) is 2.92. The van der Waals surface area contributed by atoms with Gasteiger partial charge >= 0.3 is 6.18 Å². The summed E-state index contributed by atoms with van der Waals surface area (Å²) in [5.41, 5.74) is 5.90. The zero-order valence-corrected chi connectivity index (χ0v) is 14.6. The Morgan fingerprint density at radius 3 is 2.74 bits per heavy atom. The summed E-state index contributed by atoms with van der Waals surface area (Å²) < 4.78 is 65.2. The van der Waals surface area contributed by atoms with Gasteiger partial charge in [0.1, 0.15) is 16.7 Å². The zero-order valence-electron chi connectivity index (χ0n) is 13.8. The Labute approximate surface area is 155 Å². The maximum absolute atomic E-state index is 13.2. The molecule has 3 rings (SSSR count). The Hall–Kier alpha value is -2.27. The lowest BCUT2D eigenvalue weighted by molar-refractivity contribution is -0.174. The van der Waals surface area contributed by atoms with Gasteiger partial charge in [-0.3, -0.25) is 9.69 Å². The first kappa shape index (κ1) is 19.5. The Bertz CT molecular complexity index is 854. The van der Waals surface area contributed by atoms with Gasteiger partial charge in [-0.15, -0.1) is 0 Å². The molecule has 3 N–H and O–H groups in total. The molecule has 1 saturated heterocycles. The van der Waals surface area contributed by atoms with E-state index in [1.807, 2.05) is 0 Å². The van der Waals surface area contributed by atoms with Gasteiger partial charge in [0.25, 0.3) is 0 Å². The van der Waals surface area contributed by atoms with Crippen LogP contribution in [0.5, 0.6) is 0 Å². The summed E-state index contributed by atoms with van der Waals surface area (Å²) in [4.78, 5) is 17.4. The minimum Gasteiger partial charge on any atom is -0.382 e. The van der Waals surface area contributed by atoms with Gasteiger partial charge in [-0.2, -0.15) is 13.2 Å². The summed E-state index contributed by atoms with van der Waals surface area (Å²) >= 11 is 0.844. The monoisotopic (exact) mass is 406 g/mol. The molecule has 0 radical (unpaired) electrons. The quantitative estimate of drug-likeness (QED) is 0.581. The smallest absolute Gasteiger partial charge is 0.382 e. The molecule has 2 aromatic rings. The molecule has 0 amide bonds. The second kappa shape index (κ2) is 7.39. The Morgan fingerprint density at radius 2 is 2.07 bits per heavy atom. The average molecular weight is 406 g/mol. The van der Waals surface area contributed by atoms with Crippen LogP contribution in [0.3, 0.4) is 0 Å². The summed E-state index contributed by atoms with van der Waals surface area (Å²) in [5, 5.41) is 2.84. The van der Waals surface area contributed by atoms with Crippen molar-refractivity contribution in [2.24, 2.45) is 0 Å². The van der Waals surface area contributed by atoms with E-state index in [4.69, 9.17) is 5.73 Å². The van der Waals surface area contributed by atoms with Crippen LogP contribution in [0.1, 0.15) is 22.5 Å². The van der Waals surface area contributed by atoms with Crippen LogP contribution in [0, 0.1) is 11.6 Å². The normalized spacial score (nSPS) is 18.0. The number of hydrogen-bond donors (Lipinski definition) is 2. The van der Waals surface area contributed by atoms with Crippen LogP contribution in [0.4, 0.5) is 38.6 Å². The zero-order chi connectivity index (χ0) is 19.8. The number of benzene rings is 1. The van der Waals surface area contributed by atoms with E-state index in [-0.39, 0.29) is 34.5 Å². The number of anilines is 3. The van der Waals surface area contributed by atoms with E-state index in [0.717, 1.165) is 28.4 Å². The number of nitrogens with two attached hydrogens (primary N) is 1. The number of nitrogens with one attached hydrogen (secondary N) is 1. The molecular weight excluding hydrogens is 391 g/mol. The largest absolute Gasteiger partial charge is 0.404 e. The van der Waals surface area contributed by atoms with Crippen molar-refractivity contribution in [1.29, 1.82) is 0 Å². The van der Waals surface area contributed by atoms with Crippen molar-refractivity contribution in [1.82, 2.24) is 9.88 Å². The summed E-state index contributed by atoms with van der Waals surface area (Å²) in [6, 6.07) is 1.46. The van der Waals surface area contributed by atoms with Crippen molar-refractivity contribution >= 4 is 33.8 Å². The number of thiazole rings is 1. The Morgan fingerprint density at radius 1 is 1.33 bits per heavy atom. The van der Waals surface area contributed by atoms with Crippen LogP contribution in [0.25, 0.3) is 0 Å². The van der Waals surface area contributed by atoms with E-state index in [9.17, 15) is 26.7 Å². The number of alkyl halides is 3. The molecule has 2 heterocycles. The predicted molar refractivity (Wildman–Crippen MR) is 91.1 cm³/mol. The molecule has 5 nitrogen and oxygen atoms in total. The third-order valence-electron chi connectivity index (χ3n) is 4.17. The highest BCUT2D eigenvalue weighted by Gasteiger charge is 2.46. The summed E-state index contributed by atoms with van der Waals surface area (Å²) in [7, 11) is 0. The van der Waals surface area contributed by atoms with Crippen LogP contribution in [0.15, 0.2) is 18.2 Å². The highest BCUT2D eigenvalue weighted by atomic mass is 32.1. The minimum absolute atomic E-state index is 0.0212. The van der Waals surface area contributed by atoms with Gasteiger partial charge in [0, 0.05) is 11.8 Å². The molecule has 27 heavy (non-hydrogen) atoms. The summed E-state index contributed by atoms with van der Waals surface area (Å²) in [6.45, 7) is -0.240. The molecule has 1 unspecified atom stereocenters. The molecule has 0 bridgehead atoms. The number of likely N-dealkylation sites (tertiary alicyclic amines) is 1. The van der Waals surface area contributed by atoms with E-state index < -0.39 is 36.2 Å². The molecule has 1 aromatic heterocycles. The maximum Gasteiger partial charge on any atom is 0.404 e. The van der Waals surface area contributed by atoms with Crippen molar-refractivity contribution in [3.8, 4) is 0 Å². The van der Waals surface area contributed by atoms with Crippen molar-refractivity contribution in [3.63, 3.8) is 0 Å². The number of halogens is 5. The van der Waals surface area contributed by atoms with Gasteiger partial charge in [0.05, 0.1) is 6.54 Å². The van der Waals surface area contributed by atoms with Gasteiger partial charge in [0.2, 0.25) is 0 Å². The molecule has 1 atom stereocenters. The van der Waals surface area contributed by atoms with E-state index >= 15 is 0 Å². The van der Waals surface area contributed by atoms with E-state index in [1.54, 1.807) is 0 Å². The fourth-order valence-corrected chi connectivity index (χ4v) is 3.76. The number of hydrogen-bond acceptors (Lipinski definition) is 6. The lowest BCUT2D eigenvalue weighted by Gasteiger charge is -2.25. The molecule has 1 fully saturated rings. The van der Waals surface area contributed by atoms with Gasteiger partial charge in [-0.1, -0.05) is 11.3 Å². The topological polar surface area (TPSA) is 71.2 Å². The summed E-state index contributed by atoms with van der Waals surface area (Å²) in [5.74, 6) is -2.77. The van der Waals surface area contributed by atoms with Crippen LogP contribution >= 0.6 is 11.3 Å². The first-order chi connectivity index (χ1) is 12.6. The molecule has 11 heteroatoms. The van der Waals surface area contributed by atoms with E-state index in [0.29, 0.717) is 6.42 Å². The lowest BCUT2D eigenvalue weighted by atomic mass is 10.2. The number of Topliss-reactive ketones (excluding diaryl/α,β-unsaturated/α-hetero) is 1. The van der Waals surface area contributed by atoms with Crippen molar-refractivity contribution < 1.29 is 26.7 Å². The average Bonchev–Trinajstić information content (AvgIpc) is 3.17. The van der Waals surface area contributed by atoms with Gasteiger partial charge < -0.3 is 11.1 Å². The highest BCUT2D eigenvalue weighted by Crippen LogP contribution is 2.34. The number of rotatable bonds is 5. The first-order valence-corrected chi connectivity index (χ1v) is 8.79. The Kier molecular flexibility index (Phi) is 5.33. The van der Waals surface area contributed by atoms with E-state index in [2.05, 4.69) is 10.3 Å². The van der Waals surface area contributed by atoms with Crippen molar-refractivity contribution in [3.05, 3.63) is 34.7 Å². The third-order valence-corrected chi connectivity index (χ3v) is 5.19. The predicted octanol–water partition coefficient (Wildman–Crippen LogP) is 3.96. The Balaban J connectivity index is 1.72. The number of nitrogen functional groups attached to an aromatic ring is 1. The van der Waals surface area contributed by atoms with Crippen molar-refractivity contribution in [2.45, 2.75) is 25.1 Å². The van der Waals surface area contributed by atoms with Crippen LogP contribution in [0.2, 0.25) is 0 Å².